The van der Waals surface area contributed by atoms with E-state index >= 15 is 0 Å². The van der Waals surface area contributed by atoms with Gasteiger partial charge in [0.25, 0.3) is 0 Å². The zero-order valence-corrected chi connectivity index (χ0v) is 11.4. The van der Waals surface area contributed by atoms with Gasteiger partial charge in [0.1, 0.15) is 6.61 Å². The van der Waals surface area contributed by atoms with Crippen molar-refractivity contribution in [2.45, 2.75) is 6.61 Å². The predicted molar refractivity (Wildman–Crippen MR) is 79.0 cm³/mol. The second kappa shape index (κ2) is 5.39. The predicted octanol–water partition coefficient (Wildman–Crippen LogP) is 4.48. The summed E-state index contributed by atoms with van der Waals surface area (Å²) in [4.78, 5) is 12.1. The molecule has 4 heteroatoms. The Kier molecular flexibility index (Phi) is 3.44. The third-order valence-electron chi connectivity index (χ3n) is 3.05. The highest BCUT2D eigenvalue weighted by Crippen LogP contribution is 2.20. The summed E-state index contributed by atoms with van der Waals surface area (Å²) in [5, 5.41) is 1.56. The molecular weight excluding hydrogens is 274 g/mol. The highest BCUT2D eigenvalue weighted by Gasteiger charge is 2.10. The van der Waals surface area contributed by atoms with Crippen molar-refractivity contribution >= 4 is 28.6 Å². The van der Waals surface area contributed by atoms with E-state index in [1.165, 1.54) is 4.57 Å². The molecule has 3 nitrogen and oxygen atoms in total. The largest absolute Gasteiger partial charge is 0.444 e. The van der Waals surface area contributed by atoms with Crippen molar-refractivity contribution in [1.82, 2.24) is 4.57 Å². The number of hydrogen-bond acceptors (Lipinski definition) is 2. The molecule has 0 spiro atoms. The second-order valence-corrected chi connectivity index (χ2v) is 4.87. The fraction of sp³-hybridized carbons (Fsp3) is 0.0625. The lowest BCUT2D eigenvalue weighted by atomic mass is 10.2. The Morgan fingerprint density at radius 1 is 1.10 bits per heavy atom. The highest BCUT2D eigenvalue weighted by molar-refractivity contribution is 6.31. The van der Waals surface area contributed by atoms with Gasteiger partial charge in [0.2, 0.25) is 0 Å². The van der Waals surface area contributed by atoms with Crippen LogP contribution < -0.4 is 0 Å². The van der Waals surface area contributed by atoms with Gasteiger partial charge in [0, 0.05) is 16.6 Å². The summed E-state index contributed by atoms with van der Waals surface area (Å²) < 4.78 is 6.78. The molecule has 0 saturated carbocycles. The molecule has 0 saturated heterocycles. The minimum absolute atomic E-state index is 0.257. The SMILES string of the molecule is O=C(OCc1ccccc1)n1ccc2cc(Cl)ccc21. The molecule has 20 heavy (non-hydrogen) atoms. The molecule has 3 aromatic rings. The third kappa shape index (κ3) is 2.53. The summed E-state index contributed by atoms with van der Waals surface area (Å²) in [6.07, 6.45) is 1.29. The number of rotatable bonds is 2. The number of carbonyl (C=O) groups is 1. The molecule has 1 heterocycles. The Morgan fingerprint density at radius 3 is 2.70 bits per heavy atom. The van der Waals surface area contributed by atoms with E-state index in [1.807, 2.05) is 42.5 Å². The molecule has 0 aliphatic carbocycles. The van der Waals surface area contributed by atoms with Crippen LogP contribution in [0.25, 0.3) is 10.9 Å². The number of nitrogens with zero attached hydrogens (tertiary/aromatic N) is 1. The first kappa shape index (κ1) is 12.8. The summed E-state index contributed by atoms with van der Waals surface area (Å²) in [6, 6.07) is 16.8. The number of aromatic nitrogens is 1. The first-order valence-corrected chi connectivity index (χ1v) is 6.59. The van der Waals surface area contributed by atoms with E-state index in [2.05, 4.69) is 0 Å². The standard InChI is InChI=1S/C16H12ClNO2/c17-14-6-7-15-13(10-14)8-9-18(15)16(19)20-11-12-4-2-1-3-5-12/h1-10H,11H2. The molecule has 100 valence electrons. The smallest absolute Gasteiger partial charge is 0.418 e. The van der Waals surface area contributed by atoms with Crippen molar-refractivity contribution in [1.29, 1.82) is 0 Å². The number of carbonyl (C=O) groups excluding carboxylic acids is 1. The van der Waals surface area contributed by atoms with Gasteiger partial charge in [-0.15, -0.1) is 0 Å². The third-order valence-corrected chi connectivity index (χ3v) is 3.29. The summed E-state index contributed by atoms with van der Waals surface area (Å²) in [5.41, 5.74) is 1.74. The normalized spacial score (nSPS) is 10.7. The average Bonchev–Trinajstić information content (AvgIpc) is 2.89. The van der Waals surface area contributed by atoms with Gasteiger partial charge in [-0.1, -0.05) is 41.9 Å². The molecule has 0 atom stereocenters. The number of ether oxygens (including phenoxy) is 1. The van der Waals surface area contributed by atoms with E-state index in [9.17, 15) is 4.79 Å². The van der Waals surface area contributed by atoms with Gasteiger partial charge in [-0.3, -0.25) is 4.57 Å². The quantitative estimate of drug-likeness (QED) is 0.695. The molecule has 0 amide bonds. The van der Waals surface area contributed by atoms with Crippen molar-refractivity contribution < 1.29 is 9.53 Å². The zero-order chi connectivity index (χ0) is 13.9. The fourth-order valence-corrected chi connectivity index (χ4v) is 2.24. The lowest BCUT2D eigenvalue weighted by Gasteiger charge is -2.06. The minimum Gasteiger partial charge on any atom is -0.444 e. The number of hydrogen-bond donors (Lipinski definition) is 0. The van der Waals surface area contributed by atoms with Crippen LogP contribution in [-0.2, 0) is 11.3 Å². The van der Waals surface area contributed by atoms with E-state index in [4.69, 9.17) is 16.3 Å². The second-order valence-electron chi connectivity index (χ2n) is 4.43. The van der Waals surface area contributed by atoms with E-state index < -0.39 is 6.09 Å². The Morgan fingerprint density at radius 2 is 1.90 bits per heavy atom. The Hall–Kier alpha value is -2.26. The van der Waals surface area contributed by atoms with Crippen molar-refractivity contribution in [3.05, 3.63) is 71.4 Å². The topological polar surface area (TPSA) is 31.2 Å². The van der Waals surface area contributed by atoms with Gasteiger partial charge < -0.3 is 4.74 Å². The molecule has 1 aromatic heterocycles. The van der Waals surface area contributed by atoms with E-state index in [0.717, 1.165) is 16.5 Å². The maximum atomic E-state index is 12.1. The Balaban J connectivity index is 1.79. The van der Waals surface area contributed by atoms with Crippen LogP contribution in [0.2, 0.25) is 5.02 Å². The molecule has 2 aromatic carbocycles. The van der Waals surface area contributed by atoms with E-state index in [-0.39, 0.29) is 6.61 Å². The zero-order valence-electron chi connectivity index (χ0n) is 10.6. The molecular formula is C16H12ClNO2. The first-order valence-electron chi connectivity index (χ1n) is 6.22. The molecule has 0 aliphatic heterocycles. The molecule has 0 bridgehead atoms. The number of fused-ring (bicyclic) bond motifs is 1. The molecule has 3 rings (SSSR count). The average molecular weight is 286 g/mol. The van der Waals surface area contributed by atoms with Gasteiger partial charge in [-0.05, 0) is 29.8 Å². The minimum atomic E-state index is -0.397. The van der Waals surface area contributed by atoms with Crippen LogP contribution in [0.5, 0.6) is 0 Å². The fourth-order valence-electron chi connectivity index (χ4n) is 2.06. The lowest BCUT2D eigenvalue weighted by molar-refractivity contribution is 0.142. The molecule has 0 N–H and O–H groups in total. The molecule has 0 unspecified atom stereocenters. The van der Waals surface area contributed by atoms with Crippen LogP contribution in [0.3, 0.4) is 0 Å². The Bertz CT molecular complexity index is 750. The van der Waals surface area contributed by atoms with Crippen molar-refractivity contribution in [3.63, 3.8) is 0 Å². The van der Waals surface area contributed by atoms with Gasteiger partial charge >= 0.3 is 6.09 Å². The van der Waals surface area contributed by atoms with Crippen LogP contribution in [-0.4, -0.2) is 10.7 Å². The van der Waals surface area contributed by atoms with Crippen molar-refractivity contribution in [2.75, 3.05) is 0 Å². The van der Waals surface area contributed by atoms with Gasteiger partial charge in [0.15, 0.2) is 0 Å². The summed E-state index contributed by atoms with van der Waals surface area (Å²) in [7, 11) is 0. The van der Waals surface area contributed by atoms with E-state index in [1.54, 1.807) is 18.3 Å². The maximum Gasteiger partial charge on any atom is 0.418 e. The van der Waals surface area contributed by atoms with Gasteiger partial charge in [-0.25, -0.2) is 4.79 Å². The summed E-state index contributed by atoms with van der Waals surface area (Å²) in [5.74, 6) is 0. The first-order chi connectivity index (χ1) is 9.74. The van der Waals surface area contributed by atoms with Crippen LogP contribution in [0.15, 0.2) is 60.8 Å². The van der Waals surface area contributed by atoms with Gasteiger partial charge in [0.05, 0.1) is 5.52 Å². The van der Waals surface area contributed by atoms with Gasteiger partial charge in [-0.2, -0.15) is 0 Å². The van der Waals surface area contributed by atoms with Crippen LogP contribution in [0.1, 0.15) is 5.56 Å². The Labute approximate surface area is 121 Å². The maximum absolute atomic E-state index is 12.1. The monoisotopic (exact) mass is 285 g/mol. The summed E-state index contributed by atoms with van der Waals surface area (Å²) in [6.45, 7) is 0.257. The van der Waals surface area contributed by atoms with Crippen LogP contribution >= 0.6 is 11.6 Å². The molecule has 0 radical (unpaired) electrons. The number of halogens is 1. The van der Waals surface area contributed by atoms with Crippen LogP contribution in [0.4, 0.5) is 4.79 Å². The highest BCUT2D eigenvalue weighted by atomic mass is 35.5. The summed E-state index contributed by atoms with van der Waals surface area (Å²) >= 11 is 5.92. The number of benzene rings is 2. The van der Waals surface area contributed by atoms with Crippen molar-refractivity contribution in [3.8, 4) is 0 Å². The van der Waals surface area contributed by atoms with Crippen LogP contribution in [0, 0.1) is 0 Å². The van der Waals surface area contributed by atoms with Crippen molar-refractivity contribution in [2.24, 2.45) is 0 Å². The molecule has 0 fully saturated rings. The lowest BCUT2D eigenvalue weighted by Crippen LogP contribution is -2.12. The van der Waals surface area contributed by atoms with E-state index in [0.29, 0.717) is 5.02 Å². The molecule has 0 aliphatic rings.